The summed E-state index contributed by atoms with van der Waals surface area (Å²) in [6, 6.07) is 7.39. The van der Waals surface area contributed by atoms with E-state index in [0.717, 1.165) is 11.8 Å². The zero-order chi connectivity index (χ0) is 20.7. The van der Waals surface area contributed by atoms with Crippen LogP contribution < -0.4 is 10.6 Å². The van der Waals surface area contributed by atoms with Crippen LogP contribution in [0.15, 0.2) is 39.8 Å². The highest BCUT2D eigenvalue weighted by molar-refractivity contribution is 5.79. The molecule has 154 valence electrons. The van der Waals surface area contributed by atoms with Crippen LogP contribution in [0.25, 0.3) is 0 Å². The maximum Gasteiger partial charge on any atom is 0.416 e. The molecule has 0 aliphatic heterocycles. The molecular weight excluding hydrogens is 369 g/mol. The van der Waals surface area contributed by atoms with E-state index in [9.17, 15) is 13.2 Å². The van der Waals surface area contributed by atoms with E-state index in [0.29, 0.717) is 42.7 Å². The molecular formula is C20H27F3N4O. The lowest BCUT2D eigenvalue weighted by atomic mass is 9.96. The van der Waals surface area contributed by atoms with Gasteiger partial charge in [0.2, 0.25) is 0 Å². The molecule has 1 unspecified atom stereocenters. The van der Waals surface area contributed by atoms with Gasteiger partial charge in [-0.25, -0.2) is 0 Å². The number of aliphatic imine (C=N–C) groups is 1. The smallest absolute Gasteiger partial charge is 0.359 e. The van der Waals surface area contributed by atoms with Crippen molar-refractivity contribution in [1.29, 1.82) is 0 Å². The minimum absolute atomic E-state index is 0.0178. The van der Waals surface area contributed by atoms with Crippen LogP contribution in [-0.2, 0) is 12.7 Å². The van der Waals surface area contributed by atoms with Crippen molar-refractivity contribution in [2.45, 2.75) is 51.7 Å². The first-order chi connectivity index (χ1) is 13.2. The second-order valence-electron chi connectivity index (χ2n) is 7.04. The minimum Gasteiger partial charge on any atom is -0.359 e. The Kier molecular flexibility index (Phi) is 7.48. The normalized spacial score (nSPS) is 13.6. The fourth-order valence-electron chi connectivity index (χ4n) is 2.67. The Morgan fingerprint density at radius 3 is 2.54 bits per heavy atom. The van der Waals surface area contributed by atoms with Gasteiger partial charge in [0.15, 0.2) is 11.7 Å². The van der Waals surface area contributed by atoms with Gasteiger partial charge in [0.25, 0.3) is 0 Å². The summed E-state index contributed by atoms with van der Waals surface area (Å²) >= 11 is 0. The molecule has 1 aromatic carbocycles. The lowest BCUT2D eigenvalue weighted by Gasteiger charge is -2.16. The van der Waals surface area contributed by atoms with E-state index < -0.39 is 11.7 Å². The van der Waals surface area contributed by atoms with Gasteiger partial charge in [0.1, 0.15) is 0 Å². The highest BCUT2D eigenvalue weighted by Gasteiger charge is 2.30. The first kappa shape index (κ1) is 21.8. The first-order valence-electron chi connectivity index (χ1n) is 9.28. The van der Waals surface area contributed by atoms with Crippen molar-refractivity contribution in [2.75, 3.05) is 13.6 Å². The third-order valence-electron chi connectivity index (χ3n) is 4.48. The lowest BCUT2D eigenvalue weighted by Crippen LogP contribution is -2.37. The summed E-state index contributed by atoms with van der Waals surface area (Å²) in [6.07, 6.45) is -3.65. The molecule has 28 heavy (non-hydrogen) atoms. The maximum absolute atomic E-state index is 12.9. The number of benzene rings is 1. The van der Waals surface area contributed by atoms with Gasteiger partial charge >= 0.3 is 6.18 Å². The van der Waals surface area contributed by atoms with Gasteiger partial charge in [-0.1, -0.05) is 44.1 Å². The Bertz CT molecular complexity index is 784. The summed E-state index contributed by atoms with van der Waals surface area (Å²) in [4.78, 5) is 4.14. The topological polar surface area (TPSA) is 62.5 Å². The number of hydrogen-bond donors (Lipinski definition) is 2. The van der Waals surface area contributed by atoms with Gasteiger partial charge in [-0.2, -0.15) is 13.2 Å². The standard InChI is InChI=1S/C20H27F3N4O/c1-13(2)18-11-17(28-27-18)12-26-19(24-4)25-9-8-14(3)15-6-5-7-16(10-15)20(21,22)23/h5-7,10-11,13-14H,8-9,12H2,1-4H3,(H2,24,25,26). The molecule has 0 aliphatic carbocycles. The van der Waals surface area contributed by atoms with Gasteiger partial charge in [-0.15, -0.1) is 0 Å². The maximum atomic E-state index is 12.9. The summed E-state index contributed by atoms with van der Waals surface area (Å²) < 4.78 is 43.8. The van der Waals surface area contributed by atoms with Crippen LogP contribution in [0.2, 0.25) is 0 Å². The zero-order valence-electron chi connectivity index (χ0n) is 16.6. The molecule has 8 heteroatoms. The fraction of sp³-hybridized carbons (Fsp3) is 0.500. The van der Waals surface area contributed by atoms with Crippen LogP contribution in [0, 0.1) is 0 Å². The van der Waals surface area contributed by atoms with Crippen molar-refractivity contribution in [1.82, 2.24) is 15.8 Å². The summed E-state index contributed by atoms with van der Waals surface area (Å²) in [5.74, 6) is 1.59. The number of aromatic nitrogens is 1. The van der Waals surface area contributed by atoms with E-state index >= 15 is 0 Å². The summed E-state index contributed by atoms with van der Waals surface area (Å²) in [7, 11) is 1.66. The zero-order valence-corrected chi connectivity index (χ0v) is 16.6. The quantitative estimate of drug-likeness (QED) is 0.527. The van der Waals surface area contributed by atoms with Crippen LogP contribution in [0.1, 0.15) is 61.6 Å². The minimum atomic E-state index is -4.32. The Labute approximate surface area is 163 Å². The molecule has 0 saturated carbocycles. The largest absolute Gasteiger partial charge is 0.416 e. The number of hydrogen-bond acceptors (Lipinski definition) is 3. The second-order valence-corrected chi connectivity index (χ2v) is 7.04. The van der Waals surface area contributed by atoms with Crippen molar-refractivity contribution in [3.05, 3.63) is 52.9 Å². The van der Waals surface area contributed by atoms with Crippen LogP contribution in [-0.4, -0.2) is 24.7 Å². The molecule has 1 atom stereocenters. The molecule has 2 N–H and O–H groups in total. The third-order valence-corrected chi connectivity index (χ3v) is 4.48. The molecule has 0 spiro atoms. The Hall–Kier alpha value is -2.51. The molecule has 0 aliphatic rings. The number of guanidine groups is 1. The number of halogens is 3. The SMILES string of the molecule is CN=C(NCCC(C)c1cccc(C(F)(F)F)c1)NCc1cc(C(C)C)no1. The first-order valence-corrected chi connectivity index (χ1v) is 9.28. The van der Waals surface area contributed by atoms with E-state index in [1.807, 2.05) is 26.8 Å². The van der Waals surface area contributed by atoms with Crippen LogP contribution >= 0.6 is 0 Å². The molecule has 0 bridgehead atoms. The van der Waals surface area contributed by atoms with Crippen LogP contribution in [0.3, 0.4) is 0 Å². The van der Waals surface area contributed by atoms with E-state index in [-0.39, 0.29) is 5.92 Å². The van der Waals surface area contributed by atoms with Crippen molar-refractivity contribution in [2.24, 2.45) is 4.99 Å². The molecule has 0 saturated heterocycles. The summed E-state index contributed by atoms with van der Waals surface area (Å²) in [5.41, 5.74) is 0.951. The van der Waals surface area contributed by atoms with E-state index in [1.54, 1.807) is 13.1 Å². The number of nitrogens with one attached hydrogen (secondary N) is 2. The van der Waals surface area contributed by atoms with E-state index in [2.05, 4.69) is 20.8 Å². The fourth-order valence-corrected chi connectivity index (χ4v) is 2.67. The lowest BCUT2D eigenvalue weighted by molar-refractivity contribution is -0.137. The molecule has 2 rings (SSSR count). The molecule has 0 amide bonds. The Morgan fingerprint density at radius 2 is 1.93 bits per heavy atom. The van der Waals surface area contributed by atoms with Crippen LogP contribution in [0.5, 0.6) is 0 Å². The second kappa shape index (κ2) is 9.61. The van der Waals surface area contributed by atoms with E-state index in [4.69, 9.17) is 4.52 Å². The van der Waals surface area contributed by atoms with Crippen molar-refractivity contribution < 1.29 is 17.7 Å². The highest BCUT2D eigenvalue weighted by atomic mass is 19.4. The van der Waals surface area contributed by atoms with Gasteiger partial charge in [-0.3, -0.25) is 4.99 Å². The summed E-state index contributed by atoms with van der Waals surface area (Å²) in [6.45, 7) is 7.02. The molecule has 2 aromatic rings. The molecule has 5 nitrogen and oxygen atoms in total. The monoisotopic (exact) mass is 396 g/mol. The predicted molar refractivity (Wildman–Crippen MR) is 103 cm³/mol. The van der Waals surface area contributed by atoms with Crippen LogP contribution in [0.4, 0.5) is 13.2 Å². The van der Waals surface area contributed by atoms with Crippen molar-refractivity contribution in [3.63, 3.8) is 0 Å². The molecule has 0 radical (unpaired) electrons. The van der Waals surface area contributed by atoms with Gasteiger partial charge < -0.3 is 15.2 Å². The number of nitrogens with zero attached hydrogens (tertiary/aromatic N) is 2. The van der Waals surface area contributed by atoms with Crippen molar-refractivity contribution >= 4 is 5.96 Å². The van der Waals surface area contributed by atoms with Gasteiger partial charge in [0, 0.05) is 19.7 Å². The number of rotatable bonds is 7. The number of alkyl halides is 3. The average molecular weight is 396 g/mol. The van der Waals surface area contributed by atoms with Crippen molar-refractivity contribution in [3.8, 4) is 0 Å². The average Bonchev–Trinajstić information content (AvgIpc) is 3.13. The highest BCUT2D eigenvalue weighted by Crippen LogP contribution is 2.31. The third kappa shape index (κ3) is 6.28. The molecule has 1 aromatic heterocycles. The molecule has 0 fully saturated rings. The van der Waals surface area contributed by atoms with E-state index in [1.165, 1.54) is 12.1 Å². The Morgan fingerprint density at radius 1 is 1.18 bits per heavy atom. The summed E-state index contributed by atoms with van der Waals surface area (Å²) in [5, 5.41) is 10.3. The van der Waals surface area contributed by atoms with Gasteiger partial charge in [0.05, 0.1) is 17.8 Å². The predicted octanol–water partition coefficient (Wildman–Crippen LogP) is 4.68. The Balaban J connectivity index is 1.82. The molecule has 1 heterocycles. The van der Waals surface area contributed by atoms with Gasteiger partial charge in [-0.05, 0) is 29.9 Å².